The van der Waals surface area contributed by atoms with Crippen molar-refractivity contribution in [2.75, 3.05) is 12.4 Å². The smallest absolute Gasteiger partial charge is 0.151 e. The summed E-state index contributed by atoms with van der Waals surface area (Å²) in [6, 6.07) is 4.83. The molecule has 0 aliphatic heterocycles. The first-order valence-corrected chi connectivity index (χ1v) is 5.58. The van der Waals surface area contributed by atoms with Crippen molar-refractivity contribution in [2.45, 2.75) is 13.5 Å². The maximum atomic E-state index is 14.0. The fraction of sp³-hybridized carbons (Fsp3) is 0.231. The molecule has 0 unspecified atom stereocenters. The zero-order chi connectivity index (χ0) is 14.4. The zero-order valence-electron chi connectivity index (χ0n) is 10.9. The molecule has 1 aromatic carbocycles. The van der Waals surface area contributed by atoms with Gasteiger partial charge in [-0.2, -0.15) is 5.10 Å². The fourth-order valence-electron chi connectivity index (χ4n) is 1.76. The predicted octanol–water partition coefficient (Wildman–Crippen LogP) is 1.67. The summed E-state index contributed by atoms with van der Waals surface area (Å²) in [5.41, 5.74) is 2.34. The Morgan fingerprint density at radius 2 is 2.16 bits per heavy atom. The molecule has 19 heavy (non-hydrogen) atoms. The molecular formula is C13H16FN3O2. The number of benzene rings is 1. The van der Waals surface area contributed by atoms with E-state index in [0.29, 0.717) is 16.9 Å². The monoisotopic (exact) mass is 265 g/mol. The largest absolute Gasteiger partial charge is 0.392 e. The summed E-state index contributed by atoms with van der Waals surface area (Å²) in [7, 11) is 1.71. The fourth-order valence-corrected chi connectivity index (χ4v) is 1.76. The summed E-state index contributed by atoms with van der Waals surface area (Å²) in [5.74, 6) is -0.410. The Bertz CT molecular complexity index is 555. The number of anilines is 1. The molecule has 102 valence electrons. The van der Waals surface area contributed by atoms with Gasteiger partial charge in [0, 0.05) is 18.9 Å². The van der Waals surface area contributed by atoms with Gasteiger partial charge < -0.3 is 15.2 Å². The molecule has 0 atom stereocenters. The molecular weight excluding hydrogens is 249 g/mol. The van der Waals surface area contributed by atoms with Crippen LogP contribution < -0.4 is 5.32 Å². The van der Waals surface area contributed by atoms with Crippen LogP contribution in [0.15, 0.2) is 24.4 Å². The van der Waals surface area contributed by atoms with Crippen molar-refractivity contribution in [3.63, 3.8) is 0 Å². The molecule has 0 amide bonds. The average molecular weight is 265 g/mol. The maximum Gasteiger partial charge on any atom is 0.151 e. The van der Waals surface area contributed by atoms with Gasteiger partial charge in [0.2, 0.25) is 0 Å². The molecule has 0 bridgehead atoms. The normalized spacial score (nSPS) is 9.68. The SMILES string of the molecule is C=O.CNc1cc(CO)cc(F)c1-n1nccc1C. The lowest BCUT2D eigenvalue weighted by Gasteiger charge is -2.13. The number of nitrogens with one attached hydrogen (secondary N) is 1. The molecule has 0 aliphatic rings. The Morgan fingerprint density at radius 3 is 2.63 bits per heavy atom. The van der Waals surface area contributed by atoms with Crippen LogP contribution in [-0.2, 0) is 11.4 Å². The Kier molecular flexibility index (Phi) is 5.20. The molecule has 5 nitrogen and oxygen atoms in total. The number of aromatic nitrogens is 2. The van der Waals surface area contributed by atoms with Crippen LogP contribution in [0.2, 0.25) is 0 Å². The van der Waals surface area contributed by atoms with Gasteiger partial charge in [0.05, 0.1) is 12.3 Å². The molecule has 0 spiro atoms. The van der Waals surface area contributed by atoms with E-state index in [-0.39, 0.29) is 6.61 Å². The summed E-state index contributed by atoms with van der Waals surface area (Å²) in [4.78, 5) is 8.00. The van der Waals surface area contributed by atoms with Gasteiger partial charge in [-0.05, 0) is 30.7 Å². The van der Waals surface area contributed by atoms with Gasteiger partial charge in [-0.25, -0.2) is 9.07 Å². The van der Waals surface area contributed by atoms with Gasteiger partial charge in [-0.15, -0.1) is 0 Å². The Balaban J connectivity index is 0.000000861. The second kappa shape index (κ2) is 6.65. The summed E-state index contributed by atoms with van der Waals surface area (Å²) in [6.45, 7) is 3.66. The lowest BCUT2D eigenvalue weighted by Crippen LogP contribution is -2.07. The van der Waals surface area contributed by atoms with Crippen molar-refractivity contribution >= 4 is 12.5 Å². The second-order valence-corrected chi connectivity index (χ2v) is 3.77. The van der Waals surface area contributed by atoms with E-state index in [4.69, 9.17) is 9.90 Å². The molecule has 0 fully saturated rings. The summed E-state index contributed by atoms with van der Waals surface area (Å²) in [6.07, 6.45) is 1.62. The van der Waals surface area contributed by atoms with E-state index in [1.54, 1.807) is 25.4 Å². The van der Waals surface area contributed by atoms with Gasteiger partial charge in [0.1, 0.15) is 12.5 Å². The molecule has 1 aromatic heterocycles. The number of hydrogen-bond acceptors (Lipinski definition) is 4. The molecule has 2 rings (SSSR count). The highest BCUT2D eigenvalue weighted by atomic mass is 19.1. The minimum absolute atomic E-state index is 0.191. The van der Waals surface area contributed by atoms with Crippen LogP contribution in [0.25, 0.3) is 5.69 Å². The third kappa shape index (κ3) is 2.97. The van der Waals surface area contributed by atoms with Crippen molar-refractivity contribution in [2.24, 2.45) is 0 Å². The Labute approximate surface area is 110 Å². The number of carbonyl (C=O) groups excluding carboxylic acids is 1. The number of aliphatic hydroxyl groups is 1. The number of aliphatic hydroxyl groups excluding tert-OH is 1. The topological polar surface area (TPSA) is 67.2 Å². The Morgan fingerprint density at radius 1 is 1.47 bits per heavy atom. The van der Waals surface area contributed by atoms with Crippen LogP contribution in [0.1, 0.15) is 11.3 Å². The lowest BCUT2D eigenvalue weighted by atomic mass is 10.1. The van der Waals surface area contributed by atoms with Crippen molar-refractivity contribution in [1.82, 2.24) is 9.78 Å². The standard InChI is InChI=1S/C12H14FN3O.CH2O/c1-8-3-4-15-16(8)12-10(13)5-9(7-17)6-11(12)14-2;1-2/h3-6,14,17H,7H2,1-2H3;1H2. The number of carbonyl (C=O) groups is 1. The van der Waals surface area contributed by atoms with Gasteiger partial charge >= 0.3 is 0 Å². The van der Waals surface area contributed by atoms with Crippen molar-refractivity contribution in [1.29, 1.82) is 0 Å². The highest BCUT2D eigenvalue weighted by Gasteiger charge is 2.14. The van der Waals surface area contributed by atoms with Crippen LogP contribution in [0, 0.1) is 12.7 Å². The van der Waals surface area contributed by atoms with Gasteiger partial charge in [-0.1, -0.05) is 0 Å². The molecule has 0 radical (unpaired) electrons. The van der Waals surface area contributed by atoms with E-state index >= 15 is 0 Å². The first-order chi connectivity index (χ1) is 9.17. The van der Waals surface area contributed by atoms with E-state index in [1.807, 2.05) is 13.7 Å². The molecule has 2 N–H and O–H groups in total. The molecule has 0 aliphatic carbocycles. The molecule has 0 saturated carbocycles. The molecule has 6 heteroatoms. The van der Waals surface area contributed by atoms with Crippen LogP contribution in [-0.4, -0.2) is 28.7 Å². The van der Waals surface area contributed by atoms with Crippen molar-refractivity contribution in [3.8, 4) is 5.69 Å². The number of halogens is 1. The summed E-state index contributed by atoms with van der Waals surface area (Å²) in [5, 5.41) is 16.0. The van der Waals surface area contributed by atoms with Crippen LogP contribution in [0.5, 0.6) is 0 Å². The van der Waals surface area contributed by atoms with E-state index in [0.717, 1.165) is 5.69 Å². The van der Waals surface area contributed by atoms with Crippen LogP contribution in [0.4, 0.5) is 10.1 Å². The lowest BCUT2D eigenvalue weighted by molar-refractivity contribution is -0.0979. The third-order valence-corrected chi connectivity index (χ3v) is 2.62. The van der Waals surface area contributed by atoms with Gasteiger partial charge in [-0.3, -0.25) is 0 Å². The second-order valence-electron chi connectivity index (χ2n) is 3.77. The minimum Gasteiger partial charge on any atom is -0.392 e. The van der Waals surface area contributed by atoms with Gasteiger partial charge in [0.15, 0.2) is 5.82 Å². The predicted molar refractivity (Wildman–Crippen MR) is 70.8 cm³/mol. The van der Waals surface area contributed by atoms with Crippen molar-refractivity contribution < 1.29 is 14.3 Å². The number of nitrogens with zero attached hydrogens (tertiary/aromatic N) is 2. The van der Waals surface area contributed by atoms with E-state index < -0.39 is 5.82 Å². The first kappa shape index (κ1) is 14.8. The summed E-state index contributed by atoms with van der Waals surface area (Å²) < 4.78 is 15.5. The van der Waals surface area contributed by atoms with E-state index in [9.17, 15) is 4.39 Å². The van der Waals surface area contributed by atoms with E-state index in [1.165, 1.54) is 10.7 Å². The number of rotatable bonds is 3. The highest BCUT2D eigenvalue weighted by molar-refractivity contribution is 5.63. The number of aryl methyl sites for hydroxylation is 1. The summed E-state index contributed by atoms with van der Waals surface area (Å²) >= 11 is 0. The molecule has 0 saturated heterocycles. The first-order valence-electron chi connectivity index (χ1n) is 5.58. The van der Waals surface area contributed by atoms with Crippen LogP contribution >= 0.6 is 0 Å². The molecule has 1 heterocycles. The van der Waals surface area contributed by atoms with Crippen molar-refractivity contribution in [3.05, 3.63) is 41.5 Å². The quantitative estimate of drug-likeness (QED) is 0.886. The average Bonchev–Trinajstić information content (AvgIpc) is 2.86. The van der Waals surface area contributed by atoms with Gasteiger partial charge in [0.25, 0.3) is 0 Å². The van der Waals surface area contributed by atoms with Crippen LogP contribution in [0.3, 0.4) is 0 Å². The minimum atomic E-state index is -0.410. The third-order valence-electron chi connectivity index (χ3n) is 2.62. The highest BCUT2D eigenvalue weighted by Crippen LogP contribution is 2.26. The Hall–Kier alpha value is -2.21. The number of hydrogen-bond donors (Lipinski definition) is 2. The van der Waals surface area contributed by atoms with E-state index in [2.05, 4.69) is 10.4 Å². The zero-order valence-corrected chi connectivity index (χ0v) is 10.9. The molecule has 2 aromatic rings. The maximum absolute atomic E-state index is 14.0.